The number of aliphatic hydroxyl groups is 1. The lowest BCUT2D eigenvalue weighted by Crippen LogP contribution is -2.57. The van der Waals surface area contributed by atoms with Crippen molar-refractivity contribution in [2.75, 3.05) is 24.6 Å². The molecule has 3 N–H and O–H groups in total. The molecule has 1 rings (SSSR count). The lowest BCUT2D eigenvalue weighted by molar-refractivity contribution is -0.130. The van der Waals surface area contributed by atoms with Crippen molar-refractivity contribution in [1.29, 1.82) is 5.41 Å². The van der Waals surface area contributed by atoms with Crippen molar-refractivity contribution in [3.8, 4) is 0 Å². The molecule has 1 amide bonds. The number of nitrogens with one attached hydrogen (secondary N) is 2. The molecule has 0 aliphatic carbocycles. The van der Waals surface area contributed by atoms with Gasteiger partial charge in [0.1, 0.15) is 11.6 Å². The molecule has 0 unspecified atom stereocenters. The van der Waals surface area contributed by atoms with Gasteiger partial charge >= 0.3 is 0 Å². The summed E-state index contributed by atoms with van der Waals surface area (Å²) in [6.45, 7) is 11.1. The zero-order chi connectivity index (χ0) is 16.3. The van der Waals surface area contributed by atoms with Crippen molar-refractivity contribution in [2.45, 2.75) is 40.2 Å². The molecule has 1 heterocycles. The normalized spacial score (nSPS) is 18.4. The monoisotopic (exact) mass is 313 g/mol. The fourth-order valence-electron chi connectivity index (χ4n) is 1.93. The summed E-state index contributed by atoms with van der Waals surface area (Å²) in [6, 6.07) is 0. The van der Waals surface area contributed by atoms with E-state index in [2.05, 4.69) is 10.2 Å². The molecular weight excluding hydrogens is 286 g/mol. The van der Waals surface area contributed by atoms with Gasteiger partial charge in [-0.3, -0.25) is 15.1 Å². The Morgan fingerprint density at radius 1 is 1.24 bits per heavy atom. The fraction of sp³-hybridized carbons (Fsp3) is 0.733. The van der Waals surface area contributed by atoms with E-state index in [0.717, 1.165) is 24.6 Å². The molecule has 21 heavy (non-hydrogen) atoms. The summed E-state index contributed by atoms with van der Waals surface area (Å²) in [7, 11) is 0. The van der Waals surface area contributed by atoms with Gasteiger partial charge in [0.05, 0.1) is 5.54 Å². The van der Waals surface area contributed by atoms with Crippen LogP contribution in [-0.4, -0.2) is 51.9 Å². The van der Waals surface area contributed by atoms with Gasteiger partial charge in [-0.2, -0.15) is 11.8 Å². The summed E-state index contributed by atoms with van der Waals surface area (Å²) in [5.41, 5.74) is -1.09. The zero-order valence-electron chi connectivity index (χ0n) is 13.6. The number of rotatable bonds is 3. The van der Waals surface area contributed by atoms with Gasteiger partial charge in [0, 0.05) is 36.1 Å². The van der Waals surface area contributed by atoms with Gasteiger partial charge in [-0.25, -0.2) is 0 Å². The third kappa shape index (κ3) is 5.04. The van der Waals surface area contributed by atoms with E-state index in [9.17, 15) is 9.90 Å². The van der Waals surface area contributed by atoms with Gasteiger partial charge < -0.3 is 10.4 Å². The van der Waals surface area contributed by atoms with Crippen LogP contribution in [0.25, 0.3) is 0 Å². The third-order valence-electron chi connectivity index (χ3n) is 3.66. The SMILES string of the molecule is CC(C)(C)/C(O)=C/C(=N)NC(=O)C(C)(C)N1CCSCC1. The van der Waals surface area contributed by atoms with Crippen molar-refractivity contribution < 1.29 is 9.90 Å². The van der Waals surface area contributed by atoms with Gasteiger partial charge in [0.25, 0.3) is 0 Å². The number of nitrogens with zero attached hydrogens (tertiary/aromatic N) is 1. The fourth-order valence-corrected chi connectivity index (χ4v) is 2.83. The second-order valence-corrected chi connectivity index (χ2v) is 8.03. The largest absolute Gasteiger partial charge is 0.512 e. The lowest BCUT2D eigenvalue weighted by atomic mass is 9.93. The molecule has 1 aliphatic rings. The van der Waals surface area contributed by atoms with E-state index in [1.807, 2.05) is 46.4 Å². The van der Waals surface area contributed by atoms with Crippen molar-refractivity contribution in [3.05, 3.63) is 11.8 Å². The van der Waals surface area contributed by atoms with Crippen LogP contribution in [0, 0.1) is 10.8 Å². The molecular formula is C15H27N3O2S. The Labute approximate surface area is 131 Å². The third-order valence-corrected chi connectivity index (χ3v) is 4.60. The van der Waals surface area contributed by atoms with Crippen LogP contribution in [0.2, 0.25) is 0 Å². The Morgan fingerprint density at radius 2 is 1.76 bits per heavy atom. The van der Waals surface area contributed by atoms with E-state index in [0.29, 0.717) is 0 Å². The summed E-state index contributed by atoms with van der Waals surface area (Å²) in [4.78, 5) is 14.5. The number of aliphatic hydroxyl groups excluding tert-OH is 1. The number of amidine groups is 1. The maximum absolute atomic E-state index is 12.4. The second kappa shape index (κ2) is 6.83. The summed E-state index contributed by atoms with van der Waals surface area (Å²) in [5, 5.41) is 20.3. The molecule has 120 valence electrons. The van der Waals surface area contributed by atoms with Crippen molar-refractivity contribution in [3.63, 3.8) is 0 Å². The number of carbonyl (C=O) groups is 1. The van der Waals surface area contributed by atoms with Gasteiger partial charge in [0.2, 0.25) is 5.91 Å². The molecule has 0 aromatic heterocycles. The van der Waals surface area contributed by atoms with Crippen LogP contribution < -0.4 is 5.32 Å². The van der Waals surface area contributed by atoms with Crippen LogP contribution in [0.4, 0.5) is 0 Å². The molecule has 6 heteroatoms. The molecule has 1 aliphatic heterocycles. The molecule has 0 atom stereocenters. The Kier molecular flexibility index (Phi) is 5.87. The van der Waals surface area contributed by atoms with Gasteiger partial charge in [-0.15, -0.1) is 0 Å². The summed E-state index contributed by atoms with van der Waals surface area (Å²) < 4.78 is 0. The number of carbonyl (C=O) groups excluding carboxylic acids is 1. The number of allylic oxidation sites excluding steroid dienone is 1. The molecule has 0 bridgehead atoms. The molecule has 5 nitrogen and oxygen atoms in total. The second-order valence-electron chi connectivity index (χ2n) is 6.81. The molecule has 0 spiro atoms. The highest BCUT2D eigenvalue weighted by molar-refractivity contribution is 7.99. The first-order valence-corrected chi connectivity index (χ1v) is 8.34. The summed E-state index contributed by atoms with van der Waals surface area (Å²) >= 11 is 1.89. The predicted octanol–water partition coefficient (Wildman–Crippen LogP) is 2.40. The topological polar surface area (TPSA) is 76.4 Å². The number of hydrogen-bond donors (Lipinski definition) is 3. The molecule has 1 fully saturated rings. The number of amides is 1. The maximum atomic E-state index is 12.4. The Bertz CT molecular complexity index is 433. The van der Waals surface area contributed by atoms with E-state index in [-0.39, 0.29) is 17.5 Å². The average Bonchev–Trinajstić information content (AvgIpc) is 2.38. The smallest absolute Gasteiger partial charge is 0.245 e. The van der Waals surface area contributed by atoms with Crippen LogP contribution in [0.5, 0.6) is 0 Å². The van der Waals surface area contributed by atoms with Crippen molar-refractivity contribution in [1.82, 2.24) is 10.2 Å². The lowest BCUT2D eigenvalue weighted by Gasteiger charge is -2.39. The van der Waals surface area contributed by atoms with E-state index in [1.54, 1.807) is 0 Å². The van der Waals surface area contributed by atoms with Crippen molar-refractivity contribution in [2.24, 2.45) is 5.41 Å². The van der Waals surface area contributed by atoms with E-state index in [4.69, 9.17) is 5.41 Å². The summed E-state index contributed by atoms with van der Waals surface area (Å²) in [6.07, 6.45) is 1.31. The first-order valence-electron chi connectivity index (χ1n) is 7.19. The summed E-state index contributed by atoms with van der Waals surface area (Å²) in [5.74, 6) is 1.85. The van der Waals surface area contributed by atoms with Gasteiger partial charge in [-0.05, 0) is 13.8 Å². The quantitative estimate of drug-likeness (QED) is 0.425. The van der Waals surface area contributed by atoms with Gasteiger partial charge in [0.15, 0.2) is 0 Å². The van der Waals surface area contributed by atoms with E-state index in [1.165, 1.54) is 6.08 Å². The van der Waals surface area contributed by atoms with Gasteiger partial charge in [-0.1, -0.05) is 20.8 Å². The molecule has 0 aromatic carbocycles. The Morgan fingerprint density at radius 3 is 2.24 bits per heavy atom. The predicted molar refractivity (Wildman–Crippen MR) is 89.0 cm³/mol. The molecule has 1 saturated heterocycles. The first-order chi connectivity index (χ1) is 9.55. The Balaban J connectivity index is 2.69. The van der Waals surface area contributed by atoms with Crippen LogP contribution >= 0.6 is 11.8 Å². The minimum atomic E-state index is -0.654. The minimum absolute atomic E-state index is 0.0770. The van der Waals surface area contributed by atoms with Crippen LogP contribution in [0.15, 0.2) is 11.8 Å². The van der Waals surface area contributed by atoms with E-state index < -0.39 is 11.0 Å². The van der Waals surface area contributed by atoms with Crippen LogP contribution in [0.1, 0.15) is 34.6 Å². The zero-order valence-corrected chi connectivity index (χ0v) is 14.4. The highest BCUT2D eigenvalue weighted by Gasteiger charge is 2.35. The highest BCUT2D eigenvalue weighted by Crippen LogP contribution is 2.23. The van der Waals surface area contributed by atoms with Crippen LogP contribution in [0.3, 0.4) is 0 Å². The number of hydrogen-bond acceptors (Lipinski definition) is 5. The highest BCUT2D eigenvalue weighted by atomic mass is 32.2. The standard InChI is InChI=1S/C15H27N3O2S/c1-14(2,3)11(19)10-12(16)17-13(20)15(4,5)18-6-8-21-9-7-18/h10,19H,6-9H2,1-5H3,(H2,16,17,20)/b11-10-. The Hall–Kier alpha value is -1.01. The average molecular weight is 313 g/mol. The molecule has 0 saturated carbocycles. The minimum Gasteiger partial charge on any atom is -0.512 e. The maximum Gasteiger partial charge on any atom is 0.245 e. The van der Waals surface area contributed by atoms with Crippen molar-refractivity contribution >= 4 is 23.5 Å². The molecule has 0 radical (unpaired) electrons. The number of thioether (sulfide) groups is 1. The first kappa shape index (κ1) is 18.0. The van der Waals surface area contributed by atoms with E-state index >= 15 is 0 Å². The molecule has 0 aromatic rings. The van der Waals surface area contributed by atoms with Crippen LogP contribution in [-0.2, 0) is 4.79 Å².